The van der Waals surface area contributed by atoms with Crippen LogP contribution in [-0.4, -0.2) is 43.3 Å². The summed E-state index contributed by atoms with van der Waals surface area (Å²) in [6.07, 6.45) is 1.32. The summed E-state index contributed by atoms with van der Waals surface area (Å²) in [7, 11) is 0. The van der Waals surface area contributed by atoms with Gasteiger partial charge in [-0.2, -0.15) is 0 Å². The van der Waals surface area contributed by atoms with Crippen molar-refractivity contribution in [1.82, 2.24) is 24.6 Å². The zero-order chi connectivity index (χ0) is 22.0. The van der Waals surface area contributed by atoms with Gasteiger partial charge in [-0.05, 0) is 56.2 Å². The van der Waals surface area contributed by atoms with Gasteiger partial charge in [-0.25, -0.2) is 9.78 Å². The molecule has 0 unspecified atom stereocenters. The molecule has 1 aliphatic rings. The highest BCUT2D eigenvalue weighted by atomic mass is 16.6. The molecule has 0 aliphatic carbocycles. The van der Waals surface area contributed by atoms with E-state index in [1.807, 2.05) is 42.7 Å². The van der Waals surface area contributed by atoms with Crippen LogP contribution in [0.1, 0.15) is 48.3 Å². The van der Waals surface area contributed by atoms with Crippen molar-refractivity contribution >= 4 is 17.8 Å². The lowest BCUT2D eigenvalue weighted by Crippen LogP contribution is -2.25. The summed E-state index contributed by atoms with van der Waals surface area (Å²) < 4.78 is 6.99. The molecule has 9 nitrogen and oxygen atoms in total. The summed E-state index contributed by atoms with van der Waals surface area (Å²) >= 11 is 0. The van der Waals surface area contributed by atoms with Crippen molar-refractivity contribution < 1.29 is 14.3 Å². The van der Waals surface area contributed by atoms with Crippen molar-refractivity contribution in [1.29, 1.82) is 0 Å². The quantitative estimate of drug-likeness (QED) is 0.676. The van der Waals surface area contributed by atoms with Crippen LogP contribution in [0.2, 0.25) is 0 Å². The summed E-state index contributed by atoms with van der Waals surface area (Å²) in [5.41, 5.74) is 3.08. The zero-order valence-corrected chi connectivity index (χ0v) is 17.7. The number of ether oxygens (including phenoxy) is 1. The highest BCUT2D eigenvalue weighted by molar-refractivity contribution is 6.04. The molecule has 0 bridgehead atoms. The predicted molar refractivity (Wildman–Crippen MR) is 114 cm³/mol. The molecule has 1 aromatic carbocycles. The average Bonchev–Trinajstić information content (AvgIpc) is 3.41. The first-order valence-corrected chi connectivity index (χ1v) is 10.2. The second-order valence-electron chi connectivity index (χ2n) is 7.56. The van der Waals surface area contributed by atoms with Crippen LogP contribution >= 0.6 is 0 Å². The molecule has 0 atom stereocenters. The summed E-state index contributed by atoms with van der Waals surface area (Å²) in [5.74, 6) is 0.796. The molecule has 31 heavy (non-hydrogen) atoms. The van der Waals surface area contributed by atoms with E-state index in [-0.39, 0.29) is 18.0 Å². The Morgan fingerprint density at radius 3 is 2.74 bits per heavy atom. The topological polar surface area (TPSA) is 102 Å². The maximum Gasteiger partial charge on any atom is 0.410 e. The van der Waals surface area contributed by atoms with Gasteiger partial charge in [0, 0.05) is 24.7 Å². The number of fused-ring (bicyclic) bond motifs is 1. The fraction of sp³-hybridized carbons (Fsp3) is 0.318. The lowest BCUT2D eigenvalue weighted by Gasteiger charge is -2.13. The second-order valence-corrected chi connectivity index (χ2v) is 7.56. The zero-order valence-electron chi connectivity index (χ0n) is 17.7. The smallest absolute Gasteiger partial charge is 0.410 e. The van der Waals surface area contributed by atoms with Crippen LogP contribution in [0.3, 0.4) is 0 Å². The van der Waals surface area contributed by atoms with E-state index < -0.39 is 0 Å². The summed E-state index contributed by atoms with van der Waals surface area (Å²) in [4.78, 5) is 30.9. The van der Waals surface area contributed by atoms with Gasteiger partial charge in [0.2, 0.25) is 0 Å². The van der Waals surface area contributed by atoms with Gasteiger partial charge in [-0.15, -0.1) is 10.2 Å². The number of anilines is 1. The number of nitrogens with zero attached hydrogens (tertiary/aromatic N) is 5. The first kappa shape index (κ1) is 20.5. The minimum atomic E-state index is -0.347. The van der Waals surface area contributed by atoms with Crippen LogP contribution in [0, 0.1) is 0 Å². The molecule has 2 aromatic heterocycles. The Hall–Kier alpha value is -3.75. The standard InChI is InChI=1S/C22H24N6O3/c1-4-31-22(30)27-11-16-9-8-15(10-17(16)12-27)21(29)25-19-7-5-6-18(24-19)20-26-23-13-28(20)14(2)3/h5-10,13-14H,4,11-12H2,1-3H3,(H,24,25,29). The third-order valence-electron chi connectivity index (χ3n) is 5.07. The minimum absolute atomic E-state index is 0.186. The Kier molecular flexibility index (Phi) is 5.66. The molecule has 2 amide bonds. The van der Waals surface area contributed by atoms with Crippen molar-refractivity contribution in [3.63, 3.8) is 0 Å². The number of carbonyl (C=O) groups is 2. The largest absolute Gasteiger partial charge is 0.450 e. The molecule has 4 rings (SSSR count). The van der Waals surface area contributed by atoms with Crippen LogP contribution in [0.15, 0.2) is 42.7 Å². The number of hydrogen-bond donors (Lipinski definition) is 1. The maximum atomic E-state index is 12.8. The van der Waals surface area contributed by atoms with Gasteiger partial charge in [0.1, 0.15) is 17.8 Å². The normalized spacial score (nSPS) is 12.7. The van der Waals surface area contributed by atoms with Gasteiger partial charge in [0.25, 0.3) is 5.91 Å². The molecule has 160 valence electrons. The molecule has 1 aliphatic heterocycles. The molecule has 1 N–H and O–H groups in total. The van der Waals surface area contributed by atoms with E-state index in [2.05, 4.69) is 20.5 Å². The van der Waals surface area contributed by atoms with Gasteiger partial charge in [-0.3, -0.25) is 9.69 Å². The molecule has 0 saturated carbocycles. The number of hydrogen-bond acceptors (Lipinski definition) is 6. The third kappa shape index (κ3) is 4.25. The molecule has 3 heterocycles. The van der Waals surface area contributed by atoms with Crippen LogP contribution in [0.25, 0.3) is 11.5 Å². The Morgan fingerprint density at radius 2 is 1.97 bits per heavy atom. The first-order valence-electron chi connectivity index (χ1n) is 10.2. The van der Waals surface area contributed by atoms with E-state index in [1.54, 1.807) is 30.3 Å². The van der Waals surface area contributed by atoms with Gasteiger partial charge in [-0.1, -0.05) is 12.1 Å². The highest BCUT2D eigenvalue weighted by Gasteiger charge is 2.25. The van der Waals surface area contributed by atoms with E-state index in [0.717, 1.165) is 11.1 Å². The van der Waals surface area contributed by atoms with E-state index in [0.29, 0.717) is 42.6 Å². The van der Waals surface area contributed by atoms with Crippen LogP contribution < -0.4 is 5.32 Å². The Morgan fingerprint density at radius 1 is 1.16 bits per heavy atom. The van der Waals surface area contributed by atoms with Gasteiger partial charge in [0.15, 0.2) is 5.82 Å². The molecule has 3 aromatic rings. The van der Waals surface area contributed by atoms with E-state index in [1.165, 1.54) is 0 Å². The number of pyridine rings is 1. The monoisotopic (exact) mass is 420 g/mol. The minimum Gasteiger partial charge on any atom is -0.450 e. The number of carbonyl (C=O) groups excluding carboxylic acids is 2. The average molecular weight is 420 g/mol. The molecular weight excluding hydrogens is 396 g/mol. The lowest BCUT2D eigenvalue weighted by atomic mass is 10.1. The number of nitrogens with one attached hydrogen (secondary N) is 1. The van der Waals surface area contributed by atoms with E-state index in [9.17, 15) is 9.59 Å². The fourth-order valence-electron chi connectivity index (χ4n) is 3.50. The summed E-state index contributed by atoms with van der Waals surface area (Å²) in [6.45, 7) is 7.09. The first-order chi connectivity index (χ1) is 15.0. The van der Waals surface area contributed by atoms with Crippen LogP contribution in [-0.2, 0) is 17.8 Å². The molecule has 0 saturated heterocycles. The van der Waals surface area contributed by atoms with Gasteiger partial charge >= 0.3 is 6.09 Å². The van der Waals surface area contributed by atoms with E-state index >= 15 is 0 Å². The lowest BCUT2D eigenvalue weighted by molar-refractivity contribution is 0.102. The molecule has 0 radical (unpaired) electrons. The Labute approximate surface area is 180 Å². The maximum absolute atomic E-state index is 12.8. The predicted octanol–water partition coefficient (Wildman–Crippen LogP) is 3.65. The highest BCUT2D eigenvalue weighted by Crippen LogP contribution is 2.25. The van der Waals surface area contributed by atoms with Crippen molar-refractivity contribution in [2.45, 2.75) is 39.9 Å². The number of amides is 2. The number of benzene rings is 1. The van der Waals surface area contributed by atoms with Crippen molar-refractivity contribution in [3.8, 4) is 11.5 Å². The van der Waals surface area contributed by atoms with Crippen LogP contribution in [0.4, 0.5) is 10.6 Å². The fourth-order valence-corrected chi connectivity index (χ4v) is 3.50. The van der Waals surface area contributed by atoms with Crippen molar-refractivity contribution in [2.75, 3.05) is 11.9 Å². The molecule has 0 fully saturated rings. The third-order valence-corrected chi connectivity index (χ3v) is 5.07. The van der Waals surface area contributed by atoms with Crippen LogP contribution in [0.5, 0.6) is 0 Å². The van der Waals surface area contributed by atoms with Crippen molar-refractivity contribution in [2.24, 2.45) is 0 Å². The number of rotatable bonds is 5. The molecule has 0 spiro atoms. The van der Waals surface area contributed by atoms with Gasteiger partial charge in [0.05, 0.1) is 6.61 Å². The molecule has 9 heteroatoms. The van der Waals surface area contributed by atoms with Crippen molar-refractivity contribution in [3.05, 3.63) is 59.4 Å². The SMILES string of the molecule is CCOC(=O)N1Cc2ccc(C(=O)Nc3cccc(-c4nncn4C(C)C)n3)cc2C1. The summed E-state index contributed by atoms with van der Waals surface area (Å²) in [6, 6.07) is 11.0. The second kappa shape index (κ2) is 8.55. The Bertz CT molecular complexity index is 1120. The summed E-state index contributed by atoms with van der Waals surface area (Å²) in [5, 5.41) is 11.0. The number of aromatic nitrogens is 4. The Balaban J connectivity index is 1.50. The molecular formula is C22H24N6O3. The van der Waals surface area contributed by atoms with E-state index in [4.69, 9.17) is 4.74 Å². The van der Waals surface area contributed by atoms with Gasteiger partial charge < -0.3 is 14.6 Å².